The molecule has 0 radical (unpaired) electrons. The first-order valence-electron chi connectivity index (χ1n) is 7.67. The fraction of sp³-hybridized carbons (Fsp3) is 0.353. The number of para-hydroxylation sites is 1. The van der Waals surface area contributed by atoms with E-state index in [1.165, 1.54) is 4.90 Å². The van der Waals surface area contributed by atoms with Crippen LogP contribution in [0.4, 0.5) is 10.5 Å². The van der Waals surface area contributed by atoms with Gasteiger partial charge in [0, 0.05) is 13.6 Å². The van der Waals surface area contributed by atoms with Crippen LogP contribution in [0, 0.1) is 19.8 Å². The van der Waals surface area contributed by atoms with Crippen molar-refractivity contribution in [1.82, 2.24) is 14.7 Å². The molecule has 0 saturated carbocycles. The lowest BCUT2D eigenvalue weighted by Gasteiger charge is -2.20. The maximum Gasteiger partial charge on any atom is 0.321 e. The SMILES string of the molecule is Cc1nn(-c2ccccc2)c(C)c1NC(=O)N(C)CC(C)C(=O)O. The van der Waals surface area contributed by atoms with Crippen molar-refractivity contribution in [2.45, 2.75) is 20.8 Å². The van der Waals surface area contributed by atoms with Crippen molar-refractivity contribution in [2.24, 2.45) is 5.92 Å². The first-order valence-corrected chi connectivity index (χ1v) is 7.67. The van der Waals surface area contributed by atoms with Crippen LogP contribution >= 0.6 is 0 Å². The van der Waals surface area contributed by atoms with Crippen LogP contribution in [0.25, 0.3) is 5.69 Å². The molecule has 2 N–H and O–H groups in total. The molecule has 1 unspecified atom stereocenters. The summed E-state index contributed by atoms with van der Waals surface area (Å²) in [4.78, 5) is 24.6. The number of hydrogen-bond acceptors (Lipinski definition) is 3. The van der Waals surface area contributed by atoms with Gasteiger partial charge in [0.25, 0.3) is 0 Å². The monoisotopic (exact) mass is 330 g/mol. The van der Waals surface area contributed by atoms with Crippen LogP contribution in [0.15, 0.2) is 30.3 Å². The number of urea groups is 1. The van der Waals surface area contributed by atoms with Gasteiger partial charge in [-0.1, -0.05) is 25.1 Å². The minimum atomic E-state index is -0.932. The Bertz CT molecular complexity index is 740. The van der Waals surface area contributed by atoms with Crippen molar-refractivity contribution < 1.29 is 14.7 Å². The Morgan fingerprint density at radius 1 is 1.29 bits per heavy atom. The summed E-state index contributed by atoms with van der Waals surface area (Å²) in [5, 5.41) is 16.2. The number of hydrogen-bond donors (Lipinski definition) is 2. The number of aryl methyl sites for hydroxylation is 1. The molecule has 128 valence electrons. The van der Waals surface area contributed by atoms with Crippen LogP contribution in [0.2, 0.25) is 0 Å². The molecule has 1 atom stereocenters. The normalized spacial score (nSPS) is 11.8. The largest absolute Gasteiger partial charge is 0.481 e. The molecule has 0 aliphatic heterocycles. The Morgan fingerprint density at radius 3 is 2.50 bits per heavy atom. The van der Waals surface area contributed by atoms with E-state index in [-0.39, 0.29) is 12.6 Å². The fourth-order valence-electron chi connectivity index (χ4n) is 2.42. The van der Waals surface area contributed by atoms with E-state index in [2.05, 4.69) is 10.4 Å². The third-order valence-electron chi connectivity index (χ3n) is 3.84. The van der Waals surface area contributed by atoms with Gasteiger partial charge in [-0.15, -0.1) is 0 Å². The highest BCUT2D eigenvalue weighted by Crippen LogP contribution is 2.23. The van der Waals surface area contributed by atoms with Crippen molar-refractivity contribution in [2.75, 3.05) is 18.9 Å². The number of benzene rings is 1. The van der Waals surface area contributed by atoms with Gasteiger partial charge in [0.15, 0.2) is 0 Å². The summed E-state index contributed by atoms with van der Waals surface area (Å²) < 4.78 is 1.77. The smallest absolute Gasteiger partial charge is 0.321 e. The van der Waals surface area contributed by atoms with Crippen LogP contribution in [0.3, 0.4) is 0 Å². The molecular formula is C17H22N4O3. The summed E-state index contributed by atoms with van der Waals surface area (Å²) in [5.41, 5.74) is 3.06. The number of carboxylic acids is 1. The Labute approximate surface area is 140 Å². The summed E-state index contributed by atoms with van der Waals surface area (Å²) in [7, 11) is 1.57. The Morgan fingerprint density at radius 2 is 1.92 bits per heavy atom. The molecule has 0 fully saturated rings. The third-order valence-corrected chi connectivity index (χ3v) is 3.84. The molecule has 0 aliphatic rings. The first-order chi connectivity index (χ1) is 11.3. The zero-order valence-electron chi connectivity index (χ0n) is 14.3. The van der Waals surface area contributed by atoms with Crippen LogP contribution in [0.1, 0.15) is 18.3 Å². The lowest BCUT2D eigenvalue weighted by molar-refractivity contribution is -0.141. The summed E-state index contributed by atoms with van der Waals surface area (Å²) in [6.45, 7) is 5.40. The fourth-order valence-corrected chi connectivity index (χ4v) is 2.42. The van der Waals surface area contributed by atoms with Gasteiger partial charge in [-0.2, -0.15) is 5.10 Å². The lowest BCUT2D eigenvalue weighted by Crippen LogP contribution is -2.36. The average molecular weight is 330 g/mol. The summed E-state index contributed by atoms with van der Waals surface area (Å²) in [5.74, 6) is -1.56. The molecule has 2 amide bonds. The van der Waals surface area contributed by atoms with Crippen molar-refractivity contribution in [1.29, 1.82) is 0 Å². The zero-order chi connectivity index (χ0) is 17.9. The maximum atomic E-state index is 12.3. The molecule has 1 aromatic heterocycles. The van der Waals surface area contributed by atoms with E-state index in [1.807, 2.05) is 44.2 Å². The number of carboxylic acid groups (broad SMARTS) is 1. The van der Waals surface area contributed by atoms with Gasteiger partial charge in [0.2, 0.25) is 0 Å². The molecule has 1 aromatic carbocycles. The van der Waals surface area contributed by atoms with Crippen molar-refractivity contribution in [3.05, 3.63) is 41.7 Å². The molecule has 7 nitrogen and oxygen atoms in total. The van der Waals surface area contributed by atoms with E-state index in [4.69, 9.17) is 5.11 Å². The molecule has 24 heavy (non-hydrogen) atoms. The second-order valence-corrected chi connectivity index (χ2v) is 5.84. The van der Waals surface area contributed by atoms with Crippen molar-refractivity contribution in [3.8, 4) is 5.69 Å². The van der Waals surface area contributed by atoms with Crippen LogP contribution in [0.5, 0.6) is 0 Å². The topological polar surface area (TPSA) is 87.5 Å². The molecule has 2 rings (SSSR count). The zero-order valence-corrected chi connectivity index (χ0v) is 14.3. The molecule has 0 saturated heterocycles. The van der Waals surface area contributed by atoms with E-state index in [0.29, 0.717) is 11.4 Å². The van der Waals surface area contributed by atoms with Crippen molar-refractivity contribution >= 4 is 17.7 Å². The summed E-state index contributed by atoms with van der Waals surface area (Å²) in [6.07, 6.45) is 0. The van der Waals surface area contributed by atoms with Gasteiger partial charge in [0.1, 0.15) is 0 Å². The average Bonchev–Trinajstić information content (AvgIpc) is 2.83. The lowest BCUT2D eigenvalue weighted by atomic mass is 10.2. The number of aliphatic carboxylic acids is 1. The van der Waals surface area contributed by atoms with E-state index in [0.717, 1.165) is 11.4 Å². The Hall–Kier alpha value is -2.83. The number of aromatic nitrogens is 2. The quantitative estimate of drug-likeness (QED) is 0.882. The first kappa shape index (κ1) is 17.5. The van der Waals surface area contributed by atoms with Gasteiger partial charge in [-0.25, -0.2) is 9.48 Å². The van der Waals surface area contributed by atoms with Gasteiger partial charge in [0.05, 0.1) is 28.7 Å². The highest BCUT2D eigenvalue weighted by atomic mass is 16.4. The molecule has 1 heterocycles. The number of amides is 2. The van der Waals surface area contributed by atoms with Gasteiger partial charge in [-0.05, 0) is 26.0 Å². The summed E-state index contributed by atoms with van der Waals surface area (Å²) in [6, 6.07) is 9.28. The predicted molar refractivity (Wildman–Crippen MR) is 91.5 cm³/mol. The summed E-state index contributed by atoms with van der Waals surface area (Å²) >= 11 is 0. The molecule has 7 heteroatoms. The number of rotatable bonds is 5. The highest BCUT2D eigenvalue weighted by Gasteiger charge is 2.20. The minimum absolute atomic E-state index is 0.131. The maximum absolute atomic E-state index is 12.3. The molecule has 0 aliphatic carbocycles. The van der Waals surface area contributed by atoms with Crippen molar-refractivity contribution in [3.63, 3.8) is 0 Å². The van der Waals surface area contributed by atoms with E-state index in [1.54, 1.807) is 18.7 Å². The molecule has 2 aromatic rings. The number of anilines is 1. The van der Waals surface area contributed by atoms with Crippen LogP contribution in [-0.4, -0.2) is 45.4 Å². The van der Waals surface area contributed by atoms with E-state index >= 15 is 0 Å². The van der Waals surface area contributed by atoms with E-state index < -0.39 is 11.9 Å². The Balaban J connectivity index is 2.17. The van der Waals surface area contributed by atoms with Crippen LogP contribution < -0.4 is 5.32 Å². The highest BCUT2D eigenvalue weighted by molar-refractivity contribution is 5.90. The second kappa shape index (κ2) is 7.16. The van der Waals surface area contributed by atoms with Gasteiger partial charge >= 0.3 is 12.0 Å². The molecule has 0 spiro atoms. The van der Waals surface area contributed by atoms with E-state index in [9.17, 15) is 9.59 Å². The van der Waals surface area contributed by atoms with Crippen LogP contribution in [-0.2, 0) is 4.79 Å². The number of nitrogens with zero attached hydrogens (tertiary/aromatic N) is 3. The Kier molecular flexibility index (Phi) is 5.23. The molecule has 0 bridgehead atoms. The molecular weight excluding hydrogens is 308 g/mol. The van der Waals surface area contributed by atoms with Gasteiger partial charge in [-0.3, -0.25) is 4.79 Å². The standard InChI is InChI=1S/C17H22N4O3/c1-11(16(22)23)10-20(4)17(24)18-15-12(2)19-21(13(15)3)14-8-6-5-7-9-14/h5-9,11H,10H2,1-4H3,(H,18,24)(H,22,23). The number of carbonyl (C=O) groups is 2. The predicted octanol–water partition coefficient (Wildman–Crippen LogP) is 2.67. The third kappa shape index (κ3) is 3.73. The number of nitrogens with one attached hydrogen (secondary N) is 1. The number of carbonyl (C=O) groups excluding carboxylic acids is 1. The van der Waals surface area contributed by atoms with Gasteiger partial charge < -0.3 is 15.3 Å². The second-order valence-electron chi connectivity index (χ2n) is 5.84. The minimum Gasteiger partial charge on any atom is -0.481 e.